The second-order valence-corrected chi connectivity index (χ2v) is 7.05. The molecule has 5 heterocycles. The Labute approximate surface area is 151 Å². The molecular formula is C18H23N7O. The second-order valence-electron chi connectivity index (χ2n) is 7.05. The molecule has 3 aromatic rings. The van der Waals surface area contributed by atoms with Crippen LogP contribution in [-0.2, 0) is 24.2 Å². The molecule has 8 nitrogen and oxygen atoms in total. The summed E-state index contributed by atoms with van der Waals surface area (Å²) >= 11 is 0. The van der Waals surface area contributed by atoms with Gasteiger partial charge in [0, 0.05) is 25.6 Å². The zero-order valence-corrected chi connectivity index (χ0v) is 15.2. The van der Waals surface area contributed by atoms with E-state index in [2.05, 4.69) is 31.7 Å². The van der Waals surface area contributed by atoms with Crippen LogP contribution in [-0.4, -0.2) is 49.1 Å². The van der Waals surface area contributed by atoms with Crippen molar-refractivity contribution in [2.45, 2.75) is 45.7 Å². The Hall–Kier alpha value is -2.48. The van der Waals surface area contributed by atoms with E-state index in [0.29, 0.717) is 5.92 Å². The lowest BCUT2D eigenvalue weighted by atomic mass is 10.0. The van der Waals surface area contributed by atoms with Crippen molar-refractivity contribution in [2.24, 2.45) is 0 Å². The summed E-state index contributed by atoms with van der Waals surface area (Å²) in [6.45, 7) is 8.30. The van der Waals surface area contributed by atoms with Gasteiger partial charge in [0.2, 0.25) is 0 Å². The fourth-order valence-electron chi connectivity index (χ4n) is 4.16. The van der Waals surface area contributed by atoms with Gasteiger partial charge in [0.1, 0.15) is 17.7 Å². The Morgan fingerprint density at radius 2 is 2.23 bits per heavy atom. The van der Waals surface area contributed by atoms with Crippen LogP contribution in [0.2, 0.25) is 0 Å². The van der Waals surface area contributed by atoms with E-state index in [1.54, 1.807) is 6.33 Å². The van der Waals surface area contributed by atoms with Crippen molar-refractivity contribution in [1.82, 2.24) is 29.4 Å². The zero-order valence-electron chi connectivity index (χ0n) is 15.2. The number of imidazole rings is 1. The topological polar surface area (TPSA) is 73.4 Å². The van der Waals surface area contributed by atoms with Crippen LogP contribution in [0.1, 0.15) is 42.0 Å². The normalized spacial score (nSPS) is 20.1. The molecule has 0 aliphatic carbocycles. The second kappa shape index (κ2) is 6.05. The predicted octanol–water partition coefficient (Wildman–Crippen LogP) is 1.72. The van der Waals surface area contributed by atoms with E-state index in [1.807, 2.05) is 17.6 Å². The Bertz CT molecular complexity index is 941. The molecule has 26 heavy (non-hydrogen) atoms. The van der Waals surface area contributed by atoms with Crippen molar-refractivity contribution in [3.63, 3.8) is 0 Å². The minimum atomic E-state index is 0.324. The minimum Gasteiger partial charge on any atom is -0.381 e. The first-order valence-corrected chi connectivity index (χ1v) is 9.32. The van der Waals surface area contributed by atoms with Crippen molar-refractivity contribution in [1.29, 1.82) is 0 Å². The van der Waals surface area contributed by atoms with Gasteiger partial charge in [-0.25, -0.2) is 14.5 Å². The lowest BCUT2D eigenvalue weighted by Crippen LogP contribution is -2.32. The highest BCUT2D eigenvalue weighted by atomic mass is 16.5. The summed E-state index contributed by atoms with van der Waals surface area (Å²) in [5.41, 5.74) is 4.75. The summed E-state index contributed by atoms with van der Waals surface area (Å²) in [7, 11) is 0. The number of aryl methyl sites for hydroxylation is 2. The first-order chi connectivity index (χ1) is 12.8. The van der Waals surface area contributed by atoms with Gasteiger partial charge < -0.3 is 9.64 Å². The fraction of sp³-hybridized carbons (Fsp3) is 0.556. The van der Waals surface area contributed by atoms with Crippen molar-refractivity contribution in [2.75, 3.05) is 24.7 Å². The number of hydrogen-bond donors (Lipinski definition) is 0. The van der Waals surface area contributed by atoms with Gasteiger partial charge in [-0.15, -0.1) is 0 Å². The van der Waals surface area contributed by atoms with Gasteiger partial charge in [0.05, 0.1) is 30.7 Å². The third kappa shape index (κ3) is 2.32. The van der Waals surface area contributed by atoms with Crippen LogP contribution in [0.25, 0.3) is 5.52 Å². The van der Waals surface area contributed by atoms with E-state index in [9.17, 15) is 0 Å². The van der Waals surface area contributed by atoms with Gasteiger partial charge in [-0.1, -0.05) is 0 Å². The molecule has 0 amide bonds. The summed E-state index contributed by atoms with van der Waals surface area (Å²) in [4.78, 5) is 11.8. The Balaban J connectivity index is 1.61. The molecule has 0 aromatic carbocycles. The van der Waals surface area contributed by atoms with Gasteiger partial charge >= 0.3 is 0 Å². The molecule has 0 bridgehead atoms. The third-order valence-corrected chi connectivity index (χ3v) is 5.54. The third-order valence-electron chi connectivity index (χ3n) is 5.54. The highest BCUT2D eigenvalue weighted by Crippen LogP contribution is 2.34. The number of aromatic nitrogens is 6. The summed E-state index contributed by atoms with van der Waals surface area (Å²) < 4.78 is 9.63. The van der Waals surface area contributed by atoms with Gasteiger partial charge in [0.25, 0.3) is 0 Å². The zero-order chi connectivity index (χ0) is 17.7. The van der Waals surface area contributed by atoms with Crippen LogP contribution in [0.15, 0.2) is 12.5 Å². The maximum absolute atomic E-state index is 5.61. The maximum Gasteiger partial charge on any atom is 0.158 e. The fourth-order valence-corrected chi connectivity index (χ4v) is 4.16. The number of hydrogen-bond acceptors (Lipinski definition) is 6. The van der Waals surface area contributed by atoms with Crippen molar-refractivity contribution >= 4 is 11.3 Å². The van der Waals surface area contributed by atoms with Crippen LogP contribution in [0, 0.1) is 6.92 Å². The Morgan fingerprint density at radius 3 is 3.04 bits per heavy atom. The number of ether oxygens (including phenoxy) is 1. The molecule has 136 valence electrons. The lowest BCUT2D eigenvalue weighted by molar-refractivity contribution is 0.193. The monoisotopic (exact) mass is 353 g/mol. The van der Waals surface area contributed by atoms with E-state index in [-0.39, 0.29) is 0 Å². The molecule has 3 aromatic heterocycles. The summed E-state index contributed by atoms with van der Waals surface area (Å²) in [5, 5.41) is 8.97. The molecule has 5 rings (SSSR count). The summed E-state index contributed by atoms with van der Waals surface area (Å²) in [6.07, 6.45) is 5.64. The predicted molar refractivity (Wildman–Crippen MR) is 96.4 cm³/mol. The molecule has 1 saturated heterocycles. The maximum atomic E-state index is 5.61. The molecule has 0 spiro atoms. The molecule has 1 fully saturated rings. The van der Waals surface area contributed by atoms with Crippen molar-refractivity contribution in [3.05, 3.63) is 35.3 Å². The SMILES string of the molecule is CCn1ncc2c1CN(c1ncnn3c(C)nc(C4CCOC4)c13)CC2. The van der Waals surface area contributed by atoms with Crippen LogP contribution in [0.4, 0.5) is 5.82 Å². The van der Waals surface area contributed by atoms with E-state index < -0.39 is 0 Å². The standard InChI is InChI=1S/C18H23N7O/c1-3-24-15-9-23(6-4-13(15)8-20-24)18-17-16(14-5-7-26-10-14)22-12(2)25(17)21-11-19-18/h8,11,14H,3-7,9-10H2,1-2H3. The molecule has 0 saturated carbocycles. The Morgan fingerprint density at radius 1 is 1.31 bits per heavy atom. The summed E-state index contributed by atoms with van der Waals surface area (Å²) in [6, 6.07) is 0. The minimum absolute atomic E-state index is 0.324. The lowest BCUT2D eigenvalue weighted by Gasteiger charge is -2.29. The van der Waals surface area contributed by atoms with Crippen LogP contribution in [0.5, 0.6) is 0 Å². The molecule has 2 aliphatic heterocycles. The highest BCUT2D eigenvalue weighted by molar-refractivity contribution is 5.73. The Kier molecular flexibility index (Phi) is 3.66. The van der Waals surface area contributed by atoms with Gasteiger partial charge in [-0.3, -0.25) is 4.68 Å². The van der Waals surface area contributed by atoms with E-state index in [0.717, 1.165) is 68.5 Å². The van der Waals surface area contributed by atoms with Crippen molar-refractivity contribution in [3.8, 4) is 0 Å². The molecule has 1 unspecified atom stereocenters. The molecular weight excluding hydrogens is 330 g/mol. The number of fused-ring (bicyclic) bond motifs is 2. The average Bonchev–Trinajstić information content (AvgIpc) is 3.39. The smallest absolute Gasteiger partial charge is 0.158 e. The highest BCUT2D eigenvalue weighted by Gasteiger charge is 2.29. The van der Waals surface area contributed by atoms with E-state index in [1.165, 1.54) is 11.3 Å². The summed E-state index contributed by atoms with van der Waals surface area (Å²) in [5.74, 6) is 2.20. The molecule has 1 atom stereocenters. The van der Waals surface area contributed by atoms with Gasteiger partial charge in [-0.05, 0) is 32.3 Å². The van der Waals surface area contributed by atoms with Crippen LogP contribution < -0.4 is 4.90 Å². The largest absolute Gasteiger partial charge is 0.381 e. The molecule has 0 radical (unpaired) electrons. The molecule has 8 heteroatoms. The van der Waals surface area contributed by atoms with E-state index in [4.69, 9.17) is 9.72 Å². The number of nitrogens with zero attached hydrogens (tertiary/aromatic N) is 7. The van der Waals surface area contributed by atoms with Gasteiger partial charge in [0.15, 0.2) is 5.82 Å². The van der Waals surface area contributed by atoms with E-state index >= 15 is 0 Å². The van der Waals surface area contributed by atoms with Crippen LogP contribution in [0.3, 0.4) is 0 Å². The quantitative estimate of drug-likeness (QED) is 0.714. The average molecular weight is 353 g/mol. The number of anilines is 1. The number of rotatable bonds is 3. The molecule has 0 N–H and O–H groups in total. The van der Waals surface area contributed by atoms with Gasteiger partial charge in [-0.2, -0.15) is 10.2 Å². The first-order valence-electron chi connectivity index (χ1n) is 9.32. The first kappa shape index (κ1) is 15.7. The van der Waals surface area contributed by atoms with Crippen molar-refractivity contribution < 1.29 is 4.74 Å². The molecule has 2 aliphatic rings. The van der Waals surface area contributed by atoms with Crippen LogP contribution >= 0.6 is 0 Å².